The highest BCUT2D eigenvalue weighted by Crippen LogP contribution is 2.47. The summed E-state index contributed by atoms with van der Waals surface area (Å²) >= 11 is 0. The number of ether oxygens (including phenoxy) is 2. The number of nitrogens with zero attached hydrogens (tertiary/aromatic N) is 2. The summed E-state index contributed by atoms with van der Waals surface area (Å²) in [5.41, 5.74) is 1.01. The van der Waals surface area contributed by atoms with E-state index in [9.17, 15) is 14.0 Å². The molecule has 1 aromatic carbocycles. The summed E-state index contributed by atoms with van der Waals surface area (Å²) in [6, 6.07) is 5.57. The number of hydrogen-bond donors (Lipinski definition) is 0. The summed E-state index contributed by atoms with van der Waals surface area (Å²) < 4.78 is 25.6. The van der Waals surface area contributed by atoms with Gasteiger partial charge in [-0.3, -0.25) is 9.59 Å². The lowest BCUT2D eigenvalue weighted by molar-refractivity contribution is -0.138. The van der Waals surface area contributed by atoms with Gasteiger partial charge < -0.3 is 19.3 Å². The second-order valence-electron chi connectivity index (χ2n) is 8.65. The maximum Gasteiger partial charge on any atom is 0.290 e. The number of fused-ring (bicyclic) bond motifs is 1. The van der Waals surface area contributed by atoms with Gasteiger partial charge in [-0.2, -0.15) is 0 Å². The first-order valence-corrected chi connectivity index (χ1v) is 10.6. The quantitative estimate of drug-likeness (QED) is 0.714. The lowest BCUT2D eigenvalue weighted by atomic mass is 9.76. The molecular weight excluding hydrogens is 387 g/mol. The predicted octanol–water partition coefficient (Wildman–Crippen LogP) is 2.70. The van der Waals surface area contributed by atoms with Crippen LogP contribution in [0.3, 0.4) is 0 Å². The molecule has 1 aromatic rings. The third kappa shape index (κ3) is 3.76. The van der Waals surface area contributed by atoms with Crippen molar-refractivity contribution in [3.63, 3.8) is 0 Å². The summed E-state index contributed by atoms with van der Waals surface area (Å²) in [5.74, 6) is -0.819. The van der Waals surface area contributed by atoms with Gasteiger partial charge in [0.1, 0.15) is 11.9 Å². The number of benzene rings is 1. The zero-order valence-corrected chi connectivity index (χ0v) is 17.8. The Kier molecular flexibility index (Phi) is 5.93. The molecule has 0 radical (unpaired) electrons. The molecule has 3 aliphatic rings. The van der Waals surface area contributed by atoms with E-state index in [2.05, 4.69) is 0 Å². The van der Waals surface area contributed by atoms with Crippen LogP contribution in [0, 0.1) is 11.7 Å². The number of carbonyl (C=O) groups is 2. The molecule has 0 bridgehead atoms. The predicted molar refractivity (Wildman–Crippen MR) is 109 cm³/mol. The molecule has 1 saturated carbocycles. The largest absolute Gasteiger partial charge is 0.483 e. The minimum absolute atomic E-state index is 0.0338. The second-order valence-corrected chi connectivity index (χ2v) is 8.65. The van der Waals surface area contributed by atoms with E-state index in [4.69, 9.17) is 9.47 Å². The Bertz CT molecular complexity index is 869. The molecular formula is C23H29FN2O4. The zero-order chi connectivity index (χ0) is 21.4. The Labute approximate surface area is 176 Å². The Morgan fingerprint density at radius 3 is 2.77 bits per heavy atom. The molecule has 2 aliphatic heterocycles. The third-order valence-corrected chi connectivity index (χ3v) is 6.40. The standard InChI is InChI=1S/C23H29FN2O4/c1-25(2)10-5-11-26-20(14-6-4-7-15(24)12-14)19-21(27)17-9-8-16(29-3)13-18(17)30-22(19)23(26)28/h4,6-7,12,16-18,20H,5,8-11,13H2,1-3H3. The highest BCUT2D eigenvalue weighted by molar-refractivity contribution is 6.11. The average Bonchev–Trinajstić information content (AvgIpc) is 3.00. The number of Topliss-reactive ketones (excluding diaryl/α,β-unsaturated/α-hetero) is 1. The zero-order valence-electron chi connectivity index (χ0n) is 17.8. The van der Waals surface area contributed by atoms with Gasteiger partial charge >= 0.3 is 0 Å². The smallest absolute Gasteiger partial charge is 0.290 e. The number of ketones is 1. The van der Waals surface area contributed by atoms with Crippen LogP contribution in [0.4, 0.5) is 4.39 Å². The van der Waals surface area contributed by atoms with Crippen LogP contribution in [0.5, 0.6) is 0 Å². The summed E-state index contributed by atoms with van der Waals surface area (Å²) in [4.78, 5) is 30.5. The molecule has 4 rings (SSSR count). The van der Waals surface area contributed by atoms with E-state index in [1.807, 2.05) is 19.0 Å². The van der Waals surface area contributed by atoms with Crippen LogP contribution in [0.15, 0.2) is 35.6 Å². The highest BCUT2D eigenvalue weighted by atomic mass is 19.1. The highest BCUT2D eigenvalue weighted by Gasteiger charge is 2.52. The fourth-order valence-corrected chi connectivity index (χ4v) is 4.90. The van der Waals surface area contributed by atoms with Gasteiger partial charge in [0.2, 0.25) is 0 Å². The van der Waals surface area contributed by atoms with Gasteiger partial charge in [-0.25, -0.2) is 4.39 Å². The average molecular weight is 416 g/mol. The topological polar surface area (TPSA) is 59.1 Å². The molecule has 6 nitrogen and oxygen atoms in total. The molecule has 0 N–H and O–H groups in total. The maximum absolute atomic E-state index is 14.0. The Morgan fingerprint density at radius 2 is 2.07 bits per heavy atom. The van der Waals surface area contributed by atoms with E-state index in [-0.39, 0.29) is 41.4 Å². The van der Waals surface area contributed by atoms with Gasteiger partial charge in [0.15, 0.2) is 11.5 Å². The fraction of sp³-hybridized carbons (Fsp3) is 0.565. The maximum atomic E-state index is 14.0. The van der Waals surface area contributed by atoms with Crippen LogP contribution in [-0.4, -0.2) is 68.0 Å². The molecule has 2 heterocycles. The molecule has 4 unspecified atom stereocenters. The molecule has 4 atom stereocenters. The van der Waals surface area contributed by atoms with Crippen molar-refractivity contribution in [2.75, 3.05) is 34.3 Å². The summed E-state index contributed by atoms with van der Waals surface area (Å²) in [6.45, 7) is 1.28. The van der Waals surface area contributed by atoms with Crippen molar-refractivity contribution in [1.29, 1.82) is 0 Å². The van der Waals surface area contributed by atoms with Crippen LogP contribution in [0.1, 0.15) is 37.3 Å². The number of hydrogen-bond acceptors (Lipinski definition) is 5. The van der Waals surface area contributed by atoms with Gasteiger partial charge in [0.25, 0.3) is 5.91 Å². The van der Waals surface area contributed by atoms with E-state index in [0.29, 0.717) is 30.5 Å². The summed E-state index contributed by atoms with van der Waals surface area (Å²) in [7, 11) is 5.61. The van der Waals surface area contributed by atoms with Crippen LogP contribution in [-0.2, 0) is 19.1 Å². The number of methoxy groups -OCH3 is 1. The molecule has 1 aliphatic carbocycles. The fourth-order valence-electron chi connectivity index (χ4n) is 4.90. The van der Waals surface area contributed by atoms with Gasteiger partial charge in [-0.15, -0.1) is 0 Å². The van der Waals surface area contributed by atoms with E-state index in [1.165, 1.54) is 12.1 Å². The number of amides is 1. The number of halogens is 1. The van der Waals surface area contributed by atoms with Crippen LogP contribution >= 0.6 is 0 Å². The lowest BCUT2D eigenvalue weighted by Gasteiger charge is -2.38. The lowest BCUT2D eigenvalue weighted by Crippen LogP contribution is -2.43. The molecule has 0 spiro atoms. The van der Waals surface area contributed by atoms with E-state index in [0.717, 1.165) is 19.4 Å². The number of carbonyl (C=O) groups excluding carboxylic acids is 2. The monoisotopic (exact) mass is 416 g/mol. The van der Waals surface area contributed by atoms with Gasteiger partial charge in [0, 0.05) is 20.1 Å². The van der Waals surface area contributed by atoms with E-state index < -0.39 is 6.04 Å². The summed E-state index contributed by atoms with van der Waals surface area (Å²) in [6.07, 6.45) is 2.51. The van der Waals surface area contributed by atoms with Crippen molar-refractivity contribution in [2.24, 2.45) is 5.92 Å². The SMILES string of the molecule is COC1CCC2C(=O)C3=C(OC2C1)C(=O)N(CCCN(C)C)C3c1cccc(F)c1. The Morgan fingerprint density at radius 1 is 1.27 bits per heavy atom. The minimum Gasteiger partial charge on any atom is -0.483 e. The van der Waals surface area contributed by atoms with Crippen molar-refractivity contribution >= 4 is 11.7 Å². The minimum atomic E-state index is -0.598. The Hall–Kier alpha value is -2.25. The van der Waals surface area contributed by atoms with Crippen LogP contribution < -0.4 is 0 Å². The molecule has 1 amide bonds. The first kappa shape index (κ1) is 21.0. The van der Waals surface area contributed by atoms with Gasteiger partial charge in [-0.1, -0.05) is 12.1 Å². The molecule has 0 aromatic heterocycles. The summed E-state index contributed by atoms with van der Waals surface area (Å²) in [5, 5.41) is 0. The van der Waals surface area contributed by atoms with Crippen molar-refractivity contribution in [3.8, 4) is 0 Å². The van der Waals surface area contributed by atoms with Crippen molar-refractivity contribution in [1.82, 2.24) is 9.80 Å². The van der Waals surface area contributed by atoms with Gasteiger partial charge in [0.05, 0.1) is 23.6 Å². The van der Waals surface area contributed by atoms with Crippen molar-refractivity contribution in [3.05, 3.63) is 47.0 Å². The van der Waals surface area contributed by atoms with Crippen LogP contribution in [0.2, 0.25) is 0 Å². The molecule has 1 fully saturated rings. The molecule has 162 valence electrons. The van der Waals surface area contributed by atoms with E-state index in [1.54, 1.807) is 24.1 Å². The van der Waals surface area contributed by atoms with Crippen molar-refractivity contribution < 1.29 is 23.5 Å². The second kappa shape index (κ2) is 8.47. The third-order valence-electron chi connectivity index (χ3n) is 6.40. The first-order valence-electron chi connectivity index (χ1n) is 10.6. The van der Waals surface area contributed by atoms with Gasteiger partial charge in [-0.05, 0) is 57.6 Å². The molecule has 0 saturated heterocycles. The normalized spacial score (nSPS) is 28.6. The number of rotatable bonds is 6. The first-order chi connectivity index (χ1) is 14.4. The Balaban J connectivity index is 1.69. The molecule has 30 heavy (non-hydrogen) atoms. The van der Waals surface area contributed by atoms with Crippen molar-refractivity contribution in [2.45, 2.75) is 43.9 Å². The van der Waals surface area contributed by atoms with E-state index >= 15 is 0 Å². The molecule has 7 heteroatoms. The van der Waals surface area contributed by atoms with Crippen LogP contribution in [0.25, 0.3) is 0 Å².